The van der Waals surface area contributed by atoms with Crippen LogP contribution in [-0.4, -0.2) is 53.1 Å². The van der Waals surface area contributed by atoms with Crippen molar-refractivity contribution in [2.45, 2.75) is 38.5 Å². The van der Waals surface area contributed by atoms with E-state index in [1.54, 1.807) is 0 Å². The molecular weight excluding hydrogens is 232 g/mol. The molecule has 2 amide bonds. The largest absolute Gasteiger partial charge is 0.481 e. The van der Waals surface area contributed by atoms with E-state index in [2.05, 4.69) is 0 Å². The van der Waals surface area contributed by atoms with Crippen molar-refractivity contribution in [3.05, 3.63) is 0 Å². The summed E-state index contributed by atoms with van der Waals surface area (Å²) in [5.74, 6) is -0.991. The minimum atomic E-state index is -0.725. The van der Waals surface area contributed by atoms with Crippen LogP contribution in [0.25, 0.3) is 0 Å². The van der Waals surface area contributed by atoms with Crippen molar-refractivity contribution in [1.29, 1.82) is 0 Å². The number of carbonyl (C=O) groups excluding carboxylic acids is 1. The van der Waals surface area contributed by atoms with Crippen LogP contribution in [0.5, 0.6) is 0 Å². The molecule has 2 aliphatic heterocycles. The fourth-order valence-corrected chi connectivity index (χ4v) is 2.78. The van der Waals surface area contributed by atoms with Crippen LogP contribution in [-0.2, 0) is 4.79 Å². The van der Waals surface area contributed by atoms with Crippen LogP contribution in [0.1, 0.15) is 38.5 Å². The summed E-state index contributed by atoms with van der Waals surface area (Å²) in [6, 6.07) is 0.112. The summed E-state index contributed by atoms with van der Waals surface area (Å²) in [6.45, 7) is 2.90. The SMILES string of the molecule is O=C(O)C1CCN(C(=O)N2CCCCCC2)CC1. The molecule has 0 atom stereocenters. The maximum atomic E-state index is 12.3. The van der Waals surface area contributed by atoms with Crippen molar-refractivity contribution in [1.82, 2.24) is 9.80 Å². The third kappa shape index (κ3) is 3.15. The zero-order chi connectivity index (χ0) is 13.0. The van der Waals surface area contributed by atoms with Gasteiger partial charge in [-0.1, -0.05) is 12.8 Å². The molecule has 1 N–H and O–H groups in total. The Balaban J connectivity index is 1.84. The molecule has 5 heteroatoms. The van der Waals surface area contributed by atoms with Crippen LogP contribution in [0.4, 0.5) is 4.79 Å². The van der Waals surface area contributed by atoms with E-state index in [-0.39, 0.29) is 11.9 Å². The minimum absolute atomic E-state index is 0.112. The van der Waals surface area contributed by atoms with E-state index in [0.29, 0.717) is 25.9 Å². The van der Waals surface area contributed by atoms with E-state index in [1.807, 2.05) is 9.80 Å². The molecule has 0 bridgehead atoms. The van der Waals surface area contributed by atoms with E-state index >= 15 is 0 Å². The highest BCUT2D eigenvalue weighted by molar-refractivity contribution is 5.75. The molecule has 2 rings (SSSR count). The quantitative estimate of drug-likeness (QED) is 0.776. The van der Waals surface area contributed by atoms with Gasteiger partial charge in [-0.25, -0.2) is 4.79 Å². The summed E-state index contributed by atoms with van der Waals surface area (Å²) in [4.78, 5) is 26.9. The third-order valence-corrected chi connectivity index (χ3v) is 3.99. The lowest BCUT2D eigenvalue weighted by Gasteiger charge is -2.34. The first kappa shape index (κ1) is 13.2. The van der Waals surface area contributed by atoms with Crippen molar-refractivity contribution in [2.24, 2.45) is 5.92 Å². The fourth-order valence-electron chi connectivity index (χ4n) is 2.78. The molecule has 0 radical (unpaired) electrons. The second-order valence-electron chi connectivity index (χ2n) is 5.28. The summed E-state index contributed by atoms with van der Waals surface area (Å²) in [7, 11) is 0. The van der Waals surface area contributed by atoms with Gasteiger partial charge in [-0.15, -0.1) is 0 Å². The minimum Gasteiger partial charge on any atom is -0.481 e. The second-order valence-corrected chi connectivity index (χ2v) is 5.28. The van der Waals surface area contributed by atoms with Gasteiger partial charge in [0.15, 0.2) is 0 Å². The van der Waals surface area contributed by atoms with Gasteiger partial charge in [-0.05, 0) is 25.7 Å². The summed E-state index contributed by atoms with van der Waals surface area (Å²) in [5, 5.41) is 8.94. The molecule has 18 heavy (non-hydrogen) atoms. The van der Waals surface area contributed by atoms with Crippen LogP contribution in [0.2, 0.25) is 0 Å². The van der Waals surface area contributed by atoms with Crippen molar-refractivity contribution < 1.29 is 14.7 Å². The van der Waals surface area contributed by atoms with Gasteiger partial charge in [-0.2, -0.15) is 0 Å². The first-order chi connectivity index (χ1) is 8.68. The number of urea groups is 1. The summed E-state index contributed by atoms with van der Waals surface area (Å²) >= 11 is 0. The molecule has 0 aromatic heterocycles. The van der Waals surface area contributed by atoms with E-state index in [1.165, 1.54) is 12.8 Å². The number of piperidine rings is 1. The average molecular weight is 254 g/mol. The lowest BCUT2D eigenvalue weighted by atomic mass is 9.97. The predicted octanol–water partition coefficient (Wildman–Crippen LogP) is 1.78. The number of carboxylic acids is 1. The normalized spacial score (nSPS) is 22.7. The Bertz CT molecular complexity index is 303. The van der Waals surface area contributed by atoms with Crippen LogP contribution in [0.15, 0.2) is 0 Å². The molecule has 0 saturated carbocycles. The van der Waals surface area contributed by atoms with Gasteiger partial charge in [0.1, 0.15) is 0 Å². The summed E-state index contributed by atoms with van der Waals surface area (Å²) in [5.41, 5.74) is 0. The molecule has 2 fully saturated rings. The van der Waals surface area contributed by atoms with Gasteiger partial charge in [-0.3, -0.25) is 4.79 Å². The lowest BCUT2D eigenvalue weighted by Crippen LogP contribution is -2.47. The number of hydrogen-bond donors (Lipinski definition) is 1. The molecule has 2 heterocycles. The molecule has 102 valence electrons. The second kappa shape index (κ2) is 6.07. The average Bonchev–Trinajstić information content (AvgIpc) is 2.67. The lowest BCUT2D eigenvalue weighted by molar-refractivity contribution is -0.143. The molecule has 0 unspecified atom stereocenters. The van der Waals surface area contributed by atoms with E-state index in [4.69, 9.17) is 5.11 Å². The van der Waals surface area contributed by atoms with Crippen LogP contribution in [0.3, 0.4) is 0 Å². The van der Waals surface area contributed by atoms with E-state index in [9.17, 15) is 9.59 Å². The van der Waals surface area contributed by atoms with E-state index < -0.39 is 5.97 Å². The van der Waals surface area contributed by atoms with Crippen molar-refractivity contribution in [3.8, 4) is 0 Å². The molecule has 2 aliphatic rings. The maximum Gasteiger partial charge on any atom is 0.319 e. The van der Waals surface area contributed by atoms with Gasteiger partial charge in [0.2, 0.25) is 0 Å². The monoisotopic (exact) mass is 254 g/mol. The molecular formula is C13H22N2O3. The van der Waals surface area contributed by atoms with E-state index in [0.717, 1.165) is 25.9 Å². The highest BCUT2D eigenvalue weighted by Crippen LogP contribution is 2.19. The first-order valence-corrected chi connectivity index (χ1v) is 6.95. The number of likely N-dealkylation sites (tertiary alicyclic amines) is 2. The number of aliphatic carboxylic acids is 1. The van der Waals surface area contributed by atoms with Crippen molar-refractivity contribution in [3.63, 3.8) is 0 Å². The molecule has 0 aromatic rings. The zero-order valence-electron chi connectivity index (χ0n) is 10.8. The number of nitrogens with zero attached hydrogens (tertiary/aromatic N) is 2. The number of carbonyl (C=O) groups is 2. The smallest absolute Gasteiger partial charge is 0.319 e. The predicted molar refractivity (Wildman–Crippen MR) is 67.4 cm³/mol. The zero-order valence-corrected chi connectivity index (χ0v) is 10.8. The Morgan fingerprint density at radius 3 is 1.83 bits per heavy atom. The molecule has 0 spiro atoms. The van der Waals surface area contributed by atoms with Gasteiger partial charge in [0.05, 0.1) is 5.92 Å². The molecule has 5 nitrogen and oxygen atoms in total. The summed E-state index contributed by atoms with van der Waals surface area (Å²) in [6.07, 6.45) is 5.80. The van der Waals surface area contributed by atoms with Crippen LogP contribution in [0, 0.1) is 5.92 Å². The molecule has 0 aliphatic carbocycles. The Kier molecular flexibility index (Phi) is 4.44. The fraction of sp³-hybridized carbons (Fsp3) is 0.846. The Labute approximate surface area is 108 Å². The van der Waals surface area contributed by atoms with Crippen molar-refractivity contribution in [2.75, 3.05) is 26.2 Å². The number of carboxylic acid groups (broad SMARTS) is 1. The standard InChI is InChI=1S/C13H22N2O3/c16-12(17)11-5-9-15(10-6-11)13(18)14-7-3-1-2-4-8-14/h11H,1-10H2,(H,16,17). The highest BCUT2D eigenvalue weighted by Gasteiger charge is 2.29. The van der Waals surface area contributed by atoms with Gasteiger partial charge in [0, 0.05) is 26.2 Å². The number of amides is 2. The highest BCUT2D eigenvalue weighted by atomic mass is 16.4. The molecule has 2 saturated heterocycles. The molecule has 0 aromatic carbocycles. The van der Waals surface area contributed by atoms with Gasteiger partial charge < -0.3 is 14.9 Å². The number of rotatable bonds is 1. The Hall–Kier alpha value is -1.26. The van der Waals surface area contributed by atoms with Gasteiger partial charge >= 0.3 is 12.0 Å². The summed E-state index contributed by atoms with van der Waals surface area (Å²) < 4.78 is 0. The van der Waals surface area contributed by atoms with Crippen LogP contribution >= 0.6 is 0 Å². The number of hydrogen-bond acceptors (Lipinski definition) is 2. The van der Waals surface area contributed by atoms with Crippen molar-refractivity contribution >= 4 is 12.0 Å². The first-order valence-electron chi connectivity index (χ1n) is 6.95. The third-order valence-electron chi connectivity index (χ3n) is 3.99. The maximum absolute atomic E-state index is 12.3. The Morgan fingerprint density at radius 2 is 1.33 bits per heavy atom. The van der Waals surface area contributed by atoms with Crippen LogP contribution < -0.4 is 0 Å². The Morgan fingerprint density at radius 1 is 0.833 bits per heavy atom. The van der Waals surface area contributed by atoms with Gasteiger partial charge in [0.25, 0.3) is 0 Å². The topological polar surface area (TPSA) is 60.9 Å².